The van der Waals surface area contributed by atoms with E-state index in [1.807, 2.05) is 0 Å². The van der Waals surface area contributed by atoms with Crippen molar-refractivity contribution in [2.24, 2.45) is 5.73 Å². The third-order valence-corrected chi connectivity index (χ3v) is 4.22. The van der Waals surface area contributed by atoms with E-state index in [9.17, 15) is 0 Å². The largest absolute Gasteiger partial charge is 0.360 e. The Morgan fingerprint density at radius 3 is 2.31 bits per heavy atom. The van der Waals surface area contributed by atoms with E-state index in [2.05, 4.69) is 19.2 Å². The van der Waals surface area contributed by atoms with Gasteiger partial charge in [0.25, 0.3) is 0 Å². The molecule has 3 N–H and O–H groups in total. The molecule has 0 spiro atoms. The molecule has 0 saturated heterocycles. The van der Waals surface area contributed by atoms with Gasteiger partial charge < -0.3 is 20.5 Å². The highest BCUT2D eigenvalue weighted by Crippen LogP contribution is 2.03. The van der Waals surface area contributed by atoms with Crippen LogP contribution in [-0.4, -0.2) is 47.9 Å². The zero-order chi connectivity index (χ0) is 10.3. The Kier molecular flexibility index (Phi) is 6.53. The molecular weight excluding hydrogens is 184 g/mol. The fourth-order valence-electron chi connectivity index (χ4n) is 1.16. The number of nitrogens with two attached hydrogens (primary N) is 1. The minimum absolute atomic E-state index is 0.0136. The Bertz CT molecular complexity index is 129. The second-order valence-electron chi connectivity index (χ2n) is 3.70. The first-order chi connectivity index (χ1) is 6.05. The highest BCUT2D eigenvalue weighted by atomic mass is 28.2. The number of ether oxygens (including phenoxy) is 2. The van der Waals surface area contributed by atoms with Crippen molar-refractivity contribution < 1.29 is 9.47 Å². The van der Waals surface area contributed by atoms with E-state index in [-0.39, 0.29) is 11.1 Å². The Morgan fingerprint density at radius 1 is 1.38 bits per heavy atom. The summed E-state index contributed by atoms with van der Waals surface area (Å²) in [6, 6.07) is 0. The van der Waals surface area contributed by atoms with Crippen molar-refractivity contribution in [2.45, 2.75) is 24.9 Å². The van der Waals surface area contributed by atoms with Crippen molar-refractivity contribution in [3.63, 3.8) is 0 Å². The molecule has 0 aromatic heterocycles. The van der Waals surface area contributed by atoms with E-state index in [1.54, 1.807) is 14.2 Å². The lowest BCUT2D eigenvalue weighted by Gasteiger charge is -2.28. The van der Waals surface area contributed by atoms with E-state index >= 15 is 0 Å². The second kappa shape index (κ2) is 6.50. The van der Waals surface area contributed by atoms with Gasteiger partial charge in [0.2, 0.25) is 0 Å². The Labute approximate surface area is 83.0 Å². The number of methoxy groups -OCH3 is 2. The first kappa shape index (κ1) is 13.1. The lowest BCUT2D eigenvalue weighted by Crippen LogP contribution is -2.51. The van der Waals surface area contributed by atoms with Gasteiger partial charge in [-0.1, -0.05) is 13.8 Å². The summed E-state index contributed by atoms with van der Waals surface area (Å²) in [4.78, 5) is 0. The molecule has 0 fully saturated rings. The highest BCUT2D eigenvalue weighted by Gasteiger charge is 2.22. The molecule has 0 bridgehead atoms. The smallest absolute Gasteiger partial charge is 0.136 e. The van der Waals surface area contributed by atoms with Crippen molar-refractivity contribution in [1.82, 2.24) is 5.32 Å². The number of hydrogen-bond donors (Lipinski definition) is 2. The summed E-state index contributed by atoms with van der Waals surface area (Å²) in [5.74, 6) is -0.0136. The van der Waals surface area contributed by atoms with Crippen LogP contribution >= 0.6 is 0 Å². The Hall–Kier alpha value is 0.0569. The van der Waals surface area contributed by atoms with Crippen LogP contribution in [0.2, 0.25) is 0 Å². The van der Waals surface area contributed by atoms with Crippen LogP contribution in [0.1, 0.15) is 13.8 Å². The summed E-state index contributed by atoms with van der Waals surface area (Å²) in [7, 11) is 2.88. The van der Waals surface area contributed by atoms with Crippen molar-refractivity contribution in [3.05, 3.63) is 0 Å². The molecule has 0 radical (unpaired) electrons. The lowest BCUT2D eigenvalue weighted by atomic mass is 10.4. The predicted octanol–water partition coefficient (Wildman–Crippen LogP) is -0.984. The van der Waals surface area contributed by atoms with Crippen LogP contribution in [0.5, 0.6) is 0 Å². The van der Waals surface area contributed by atoms with Crippen molar-refractivity contribution >= 4 is 9.52 Å². The Morgan fingerprint density at radius 2 is 1.92 bits per heavy atom. The Balaban J connectivity index is 3.83. The maximum atomic E-state index is 5.42. The maximum Gasteiger partial charge on any atom is 0.136 e. The lowest BCUT2D eigenvalue weighted by molar-refractivity contribution is -0.0460. The standard InChI is InChI=1S/C8H22N2O2Si/c1-8(2,10-6-5-9)13-7(11-3)12-4/h7,10H,5-6,9,13H2,1-4H3. The summed E-state index contributed by atoms with van der Waals surface area (Å²) in [5, 5.41) is 3.52. The van der Waals surface area contributed by atoms with Crippen LogP contribution in [0.4, 0.5) is 0 Å². The molecule has 13 heavy (non-hydrogen) atoms. The zero-order valence-corrected chi connectivity index (χ0v) is 10.5. The highest BCUT2D eigenvalue weighted by molar-refractivity contribution is 6.40. The average molecular weight is 206 g/mol. The molecular formula is C8H22N2O2Si. The fraction of sp³-hybridized carbons (Fsp3) is 1.00. The number of rotatable bonds is 7. The monoisotopic (exact) mass is 206 g/mol. The van der Waals surface area contributed by atoms with Gasteiger partial charge in [0, 0.05) is 32.5 Å². The van der Waals surface area contributed by atoms with Gasteiger partial charge in [-0.25, -0.2) is 0 Å². The summed E-state index contributed by atoms with van der Waals surface area (Å²) in [6.07, 6.45) is 0. The van der Waals surface area contributed by atoms with E-state index in [4.69, 9.17) is 15.2 Å². The van der Waals surface area contributed by atoms with Crippen LogP contribution in [0.15, 0.2) is 0 Å². The zero-order valence-electron chi connectivity index (χ0n) is 9.09. The van der Waals surface area contributed by atoms with Crippen molar-refractivity contribution in [2.75, 3.05) is 27.3 Å². The van der Waals surface area contributed by atoms with E-state index in [0.29, 0.717) is 6.54 Å². The van der Waals surface area contributed by atoms with Gasteiger partial charge >= 0.3 is 0 Å². The molecule has 80 valence electrons. The van der Waals surface area contributed by atoms with Gasteiger partial charge in [0.1, 0.15) is 15.4 Å². The molecule has 0 aromatic carbocycles. The van der Waals surface area contributed by atoms with Crippen LogP contribution in [-0.2, 0) is 9.47 Å². The van der Waals surface area contributed by atoms with Crippen molar-refractivity contribution in [1.29, 1.82) is 0 Å². The quantitative estimate of drug-likeness (QED) is 0.415. The van der Waals surface area contributed by atoms with Crippen molar-refractivity contribution in [3.8, 4) is 0 Å². The van der Waals surface area contributed by atoms with Crippen LogP contribution in [0.25, 0.3) is 0 Å². The average Bonchev–Trinajstić information content (AvgIpc) is 2.11. The molecule has 0 atom stereocenters. The van der Waals surface area contributed by atoms with E-state index in [0.717, 1.165) is 6.54 Å². The normalized spacial score (nSPS) is 13.4. The topological polar surface area (TPSA) is 56.5 Å². The molecule has 0 aliphatic carbocycles. The van der Waals surface area contributed by atoms with Gasteiger partial charge in [0.15, 0.2) is 0 Å². The van der Waals surface area contributed by atoms with Crippen LogP contribution in [0, 0.1) is 0 Å². The molecule has 0 aliphatic heterocycles. The minimum Gasteiger partial charge on any atom is -0.360 e. The SMILES string of the molecule is COC(OC)[SiH2]C(C)(C)NCCN. The number of hydrogen-bond acceptors (Lipinski definition) is 4. The fourth-order valence-corrected chi connectivity index (χ4v) is 2.65. The third-order valence-electron chi connectivity index (χ3n) is 1.95. The molecule has 0 rings (SSSR count). The van der Waals surface area contributed by atoms with Gasteiger partial charge in [-0.2, -0.15) is 0 Å². The van der Waals surface area contributed by atoms with E-state index in [1.165, 1.54) is 0 Å². The molecule has 0 unspecified atom stereocenters. The van der Waals surface area contributed by atoms with Crippen LogP contribution < -0.4 is 11.1 Å². The molecule has 5 heteroatoms. The third kappa shape index (κ3) is 6.17. The first-order valence-corrected chi connectivity index (χ1v) is 6.09. The molecule has 0 saturated carbocycles. The summed E-state index contributed by atoms with van der Waals surface area (Å²) >= 11 is 0. The second-order valence-corrected chi connectivity index (χ2v) is 6.55. The van der Waals surface area contributed by atoms with Crippen LogP contribution in [0.3, 0.4) is 0 Å². The van der Waals surface area contributed by atoms with E-state index < -0.39 is 9.52 Å². The number of nitrogens with one attached hydrogen (secondary N) is 1. The molecule has 0 aromatic rings. The summed E-state index contributed by atoms with van der Waals surface area (Å²) in [5.41, 5.74) is 5.42. The van der Waals surface area contributed by atoms with Gasteiger partial charge in [-0.15, -0.1) is 0 Å². The molecule has 4 nitrogen and oxygen atoms in total. The first-order valence-electron chi connectivity index (χ1n) is 4.56. The predicted molar refractivity (Wildman–Crippen MR) is 57.5 cm³/mol. The summed E-state index contributed by atoms with van der Waals surface area (Å²) < 4.78 is 10.4. The molecule has 0 aliphatic rings. The van der Waals surface area contributed by atoms with Gasteiger partial charge in [-0.05, 0) is 0 Å². The summed E-state index contributed by atoms with van der Waals surface area (Å²) in [6.45, 7) is 5.85. The minimum atomic E-state index is -0.478. The van der Waals surface area contributed by atoms with Gasteiger partial charge in [0.05, 0.1) is 0 Å². The molecule has 0 amide bonds. The maximum absolute atomic E-state index is 5.42. The molecule has 0 heterocycles. The van der Waals surface area contributed by atoms with Gasteiger partial charge in [-0.3, -0.25) is 0 Å².